The molecule has 0 atom stereocenters. The number of likely N-dealkylation sites (N-methyl/N-ethyl adjacent to an activating group) is 2. The number of allylic oxidation sites excluding steroid dienone is 4. The lowest BCUT2D eigenvalue weighted by Crippen LogP contribution is -2.54. The number of fused-ring (bicyclic) bond motifs is 3. The molecule has 2 fully saturated rings. The third-order valence-corrected chi connectivity index (χ3v) is 9.30. The van der Waals surface area contributed by atoms with Crippen LogP contribution in [0, 0.1) is 0 Å². The predicted octanol–water partition coefficient (Wildman–Crippen LogP) is 5.08. The maximum absolute atomic E-state index is 13.8. The summed E-state index contributed by atoms with van der Waals surface area (Å²) in [5, 5.41) is 3.18. The van der Waals surface area contributed by atoms with Gasteiger partial charge in [0.15, 0.2) is 0 Å². The van der Waals surface area contributed by atoms with E-state index < -0.39 is 5.54 Å². The Morgan fingerprint density at radius 3 is 2.58 bits per heavy atom. The summed E-state index contributed by atoms with van der Waals surface area (Å²) < 4.78 is 11.2. The van der Waals surface area contributed by atoms with Crippen LogP contribution in [0.3, 0.4) is 0 Å². The van der Waals surface area contributed by atoms with E-state index in [0.29, 0.717) is 31.9 Å². The van der Waals surface area contributed by atoms with Crippen molar-refractivity contribution in [1.82, 2.24) is 20.0 Å². The van der Waals surface area contributed by atoms with Crippen molar-refractivity contribution in [3.63, 3.8) is 0 Å². The minimum Gasteiger partial charge on any atom is -0.497 e. The number of thioether (sulfide) groups is 1. The van der Waals surface area contributed by atoms with Crippen LogP contribution in [0.5, 0.6) is 11.5 Å². The van der Waals surface area contributed by atoms with E-state index in [1.807, 2.05) is 59.9 Å². The Balaban J connectivity index is 1.53. The van der Waals surface area contributed by atoms with Gasteiger partial charge in [-0.2, -0.15) is 0 Å². The highest BCUT2D eigenvalue weighted by Crippen LogP contribution is 2.46. The first kappa shape index (κ1) is 29.6. The van der Waals surface area contributed by atoms with Crippen molar-refractivity contribution in [3.8, 4) is 11.5 Å². The van der Waals surface area contributed by atoms with Gasteiger partial charge in [-0.15, -0.1) is 11.8 Å². The number of methoxy groups -OCH3 is 2. The molecule has 1 aromatic rings. The molecule has 0 unspecified atom stereocenters. The number of hydrogen-bond donors (Lipinski definition) is 1. The zero-order valence-electron chi connectivity index (χ0n) is 24.4. The van der Waals surface area contributed by atoms with Crippen LogP contribution < -0.4 is 14.8 Å². The summed E-state index contributed by atoms with van der Waals surface area (Å²) in [6.45, 7) is 10.2. The minimum absolute atomic E-state index is 0.0314. The molecule has 9 heteroatoms. The Labute approximate surface area is 242 Å². The van der Waals surface area contributed by atoms with E-state index in [4.69, 9.17) is 9.47 Å². The molecule has 1 aromatic carbocycles. The van der Waals surface area contributed by atoms with E-state index in [9.17, 15) is 9.59 Å². The fourth-order valence-corrected chi connectivity index (χ4v) is 7.28. The van der Waals surface area contributed by atoms with Gasteiger partial charge in [-0.05, 0) is 62.8 Å². The molecule has 3 aliphatic rings. The standard InChI is InChI=1S/C31H42N4O4S/c1-7-11-27(25(8-2)32-4)40-21-29(36)33-16-14-31(15-17-33)28-13-10-12-24-22(18-23(38-5)19-26(24)39-6)20-34(28)30(37)35(31)9-3/h7-8,11,13,18-19,32H,1,9-10,12,14-17,20-21H2,2-6H3/b25-8+,27-11+,28-13-. The fraction of sp³-hybridized carbons (Fsp3) is 0.484. The summed E-state index contributed by atoms with van der Waals surface area (Å²) >= 11 is 1.52. The zero-order valence-corrected chi connectivity index (χ0v) is 25.2. The maximum Gasteiger partial charge on any atom is 0.325 e. The lowest BCUT2D eigenvalue weighted by atomic mass is 9.82. The molecule has 3 amide bonds. The molecule has 216 valence electrons. The van der Waals surface area contributed by atoms with E-state index in [0.717, 1.165) is 64.6 Å². The number of nitrogens with one attached hydrogen (secondary N) is 1. The molecule has 1 spiro atoms. The van der Waals surface area contributed by atoms with Crippen LogP contribution in [-0.2, 0) is 17.8 Å². The van der Waals surface area contributed by atoms with Crippen LogP contribution in [0.1, 0.15) is 44.2 Å². The molecular formula is C31H42N4O4S. The Hall–Kier alpha value is -3.33. The van der Waals surface area contributed by atoms with E-state index in [2.05, 4.69) is 18.0 Å². The van der Waals surface area contributed by atoms with E-state index >= 15 is 0 Å². The second kappa shape index (κ2) is 12.9. The quantitative estimate of drug-likeness (QED) is 0.421. The van der Waals surface area contributed by atoms with Crippen molar-refractivity contribution in [1.29, 1.82) is 0 Å². The number of carbonyl (C=O) groups is 2. The summed E-state index contributed by atoms with van der Waals surface area (Å²) in [6.07, 6.45) is 11.0. The minimum atomic E-state index is -0.394. The van der Waals surface area contributed by atoms with Crippen LogP contribution >= 0.6 is 11.8 Å². The Morgan fingerprint density at radius 2 is 1.98 bits per heavy atom. The molecule has 3 aliphatic heterocycles. The third-order valence-electron chi connectivity index (χ3n) is 8.24. The van der Waals surface area contributed by atoms with Crippen LogP contribution in [-0.4, -0.2) is 78.8 Å². The highest BCUT2D eigenvalue weighted by Gasteiger charge is 2.54. The zero-order chi connectivity index (χ0) is 28.9. The highest BCUT2D eigenvalue weighted by atomic mass is 32.2. The van der Waals surface area contributed by atoms with Crippen molar-refractivity contribution in [3.05, 3.63) is 70.4 Å². The molecule has 0 aliphatic carbocycles. The number of benzene rings is 1. The Kier molecular flexibility index (Phi) is 9.56. The molecular weight excluding hydrogens is 524 g/mol. The summed E-state index contributed by atoms with van der Waals surface area (Å²) in [5.41, 5.74) is 3.84. The van der Waals surface area contributed by atoms with Gasteiger partial charge in [-0.1, -0.05) is 24.8 Å². The Bertz CT molecular complexity index is 1230. The first-order valence-corrected chi connectivity index (χ1v) is 15.0. The van der Waals surface area contributed by atoms with Crippen molar-refractivity contribution < 1.29 is 19.1 Å². The molecule has 3 heterocycles. The highest BCUT2D eigenvalue weighted by molar-refractivity contribution is 8.03. The lowest BCUT2D eigenvalue weighted by molar-refractivity contribution is -0.130. The fourth-order valence-electron chi connectivity index (χ4n) is 6.25. The smallest absolute Gasteiger partial charge is 0.325 e. The number of nitrogens with zero attached hydrogens (tertiary/aromatic N) is 3. The number of rotatable bonds is 9. The van der Waals surface area contributed by atoms with Crippen LogP contribution in [0.4, 0.5) is 4.79 Å². The molecule has 0 saturated carbocycles. The number of ether oxygens (including phenoxy) is 2. The average Bonchev–Trinajstić information content (AvgIpc) is 3.16. The lowest BCUT2D eigenvalue weighted by Gasteiger charge is -2.44. The van der Waals surface area contributed by atoms with Gasteiger partial charge >= 0.3 is 6.03 Å². The van der Waals surface area contributed by atoms with Gasteiger partial charge in [0.25, 0.3) is 0 Å². The summed E-state index contributed by atoms with van der Waals surface area (Å²) in [4.78, 5) is 34.0. The molecule has 0 aromatic heterocycles. The van der Waals surface area contributed by atoms with E-state index in [-0.39, 0.29) is 11.9 Å². The van der Waals surface area contributed by atoms with Gasteiger partial charge in [0.1, 0.15) is 11.5 Å². The number of urea groups is 1. The van der Waals surface area contributed by atoms with Crippen LogP contribution in [0.15, 0.2) is 59.3 Å². The van der Waals surface area contributed by atoms with Gasteiger partial charge in [0, 0.05) is 49.0 Å². The van der Waals surface area contributed by atoms with E-state index in [1.54, 1.807) is 20.3 Å². The second-order valence-electron chi connectivity index (χ2n) is 10.1. The average molecular weight is 567 g/mol. The normalized spacial score (nSPS) is 20.3. The molecule has 8 nitrogen and oxygen atoms in total. The third kappa shape index (κ3) is 5.48. The number of likely N-dealkylation sites (tertiary alicyclic amines) is 1. The van der Waals surface area contributed by atoms with Gasteiger partial charge in [0.2, 0.25) is 5.91 Å². The molecule has 40 heavy (non-hydrogen) atoms. The van der Waals surface area contributed by atoms with Crippen molar-refractivity contribution in [2.24, 2.45) is 0 Å². The summed E-state index contributed by atoms with van der Waals surface area (Å²) in [7, 11) is 5.20. The number of hydrogen-bond acceptors (Lipinski definition) is 6. The molecule has 0 bridgehead atoms. The first-order valence-electron chi connectivity index (χ1n) is 14.0. The van der Waals surface area contributed by atoms with Crippen molar-refractivity contribution >= 4 is 23.7 Å². The molecule has 2 saturated heterocycles. The summed E-state index contributed by atoms with van der Waals surface area (Å²) in [5.74, 6) is 2.00. The maximum atomic E-state index is 13.8. The number of carbonyl (C=O) groups excluding carboxylic acids is 2. The van der Waals surface area contributed by atoms with Crippen LogP contribution in [0.25, 0.3) is 0 Å². The van der Waals surface area contributed by atoms with Gasteiger partial charge < -0.3 is 24.6 Å². The number of amides is 3. The first-order chi connectivity index (χ1) is 19.4. The SMILES string of the molecule is C=C/C=C(SCC(=O)N1CCC2(CC1)/C1=C/CCc3c(cc(OC)cc3OC)CN1C(=O)N2CC)\C(=C/C)NC. The topological polar surface area (TPSA) is 74.4 Å². The monoisotopic (exact) mass is 566 g/mol. The van der Waals surface area contributed by atoms with Gasteiger partial charge in [-0.3, -0.25) is 9.69 Å². The van der Waals surface area contributed by atoms with E-state index in [1.165, 1.54) is 11.8 Å². The van der Waals surface area contributed by atoms with Gasteiger partial charge in [-0.25, -0.2) is 4.79 Å². The molecule has 0 radical (unpaired) electrons. The molecule has 4 rings (SSSR count). The molecule has 1 N–H and O–H groups in total. The van der Waals surface area contributed by atoms with Crippen LogP contribution in [0.2, 0.25) is 0 Å². The number of piperidine rings is 1. The van der Waals surface area contributed by atoms with Crippen molar-refractivity contribution in [2.45, 2.75) is 51.6 Å². The van der Waals surface area contributed by atoms with Gasteiger partial charge in [0.05, 0.1) is 32.1 Å². The summed E-state index contributed by atoms with van der Waals surface area (Å²) in [6, 6.07) is 3.97. The largest absolute Gasteiger partial charge is 0.497 e. The van der Waals surface area contributed by atoms with Crippen molar-refractivity contribution in [2.75, 3.05) is 46.7 Å². The predicted molar refractivity (Wildman–Crippen MR) is 161 cm³/mol. The Morgan fingerprint density at radius 1 is 1.23 bits per heavy atom. The second-order valence-corrected chi connectivity index (χ2v) is 11.1.